The maximum absolute atomic E-state index is 8.91. The number of nitriles is 1. The molecule has 0 aromatic rings. The molecule has 0 atom stereocenters. The predicted molar refractivity (Wildman–Crippen MR) is 73.6 cm³/mol. The molecule has 0 aromatic heterocycles. The standard InChI is InChI=1S/C14H29N3/c1-13(2,10-15)8-6-7-9-17(5)12-14(3,4)11-16/h6-9,11-12,16H2,1-5H3. The second kappa shape index (κ2) is 6.98. The van der Waals surface area contributed by atoms with E-state index in [1.807, 2.05) is 13.8 Å². The topological polar surface area (TPSA) is 53.0 Å². The first kappa shape index (κ1) is 16.4. The van der Waals surface area contributed by atoms with E-state index in [2.05, 4.69) is 31.9 Å². The number of hydrogen-bond donors (Lipinski definition) is 1. The predicted octanol–water partition coefficient (Wildman–Crippen LogP) is 2.62. The highest BCUT2D eigenvalue weighted by atomic mass is 15.1. The molecule has 0 heterocycles. The van der Waals surface area contributed by atoms with E-state index < -0.39 is 0 Å². The maximum Gasteiger partial charge on any atom is 0.0683 e. The fourth-order valence-corrected chi connectivity index (χ4v) is 1.88. The van der Waals surface area contributed by atoms with Crippen molar-refractivity contribution >= 4 is 0 Å². The smallest absolute Gasteiger partial charge is 0.0683 e. The van der Waals surface area contributed by atoms with E-state index in [4.69, 9.17) is 11.0 Å². The molecule has 0 unspecified atom stereocenters. The summed E-state index contributed by atoms with van der Waals surface area (Å²) >= 11 is 0. The van der Waals surface area contributed by atoms with Gasteiger partial charge in [0.25, 0.3) is 0 Å². The van der Waals surface area contributed by atoms with Crippen LogP contribution in [0.4, 0.5) is 0 Å². The fourth-order valence-electron chi connectivity index (χ4n) is 1.88. The molecule has 0 bridgehead atoms. The van der Waals surface area contributed by atoms with Crippen molar-refractivity contribution in [2.75, 3.05) is 26.7 Å². The number of unbranched alkanes of at least 4 members (excludes halogenated alkanes) is 1. The van der Waals surface area contributed by atoms with Crippen molar-refractivity contribution in [2.45, 2.75) is 47.0 Å². The molecule has 0 spiro atoms. The Balaban J connectivity index is 3.73. The van der Waals surface area contributed by atoms with Gasteiger partial charge in [-0.1, -0.05) is 20.3 Å². The van der Waals surface area contributed by atoms with Crippen LogP contribution in [0.25, 0.3) is 0 Å². The molecule has 17 heavy (non-hydrogen) atoms. The minimum atomic E-state index is -0.172. The lowest BCUT2D eigenvalue weighted by atomic mass is 9.89. The zero-order valence-corrected chi connectivity index (χ0v) is 12.2. The average Bonchev–Trinajstić information content (AvgIpc) is 2.24. The molecule has 0 aromatic carbocycles. The largest absolute Gasteiger partial charge is 0.330 e. The second-order valence-corrected chi connectivity index (χ2v) is 6.56. The highest BCUT2D eigenvalue weighted by molar-refractivity contribution is 4.91. The summed E-state index contributed by atoms with van der Waals surface area (Å²) in [5.74, 6) is 0. The van der Waals surface area contributed by atoms with Gasteiger partial charge in [0, 0.05) is 6.54 Å². The Morgan fingerprint density at radius 3 is 2.24 bits per heavy atom. The summed E-state index contributed by atoms with van der Waals surface area (Å²) in [5, 5.41) is 8.91. The molecular weight excluding hydrogens is 210 g/mol. The van der Waals surface area contributed by atoms with Gasteiger partial charge < -0.3 is 10.6 Å². The van der Waals surface area contributed by atoms with Crippen molar-refractivity contribution < 1.29 is 0 Å². The number of hydrogen-bond acceptors (Lipinski definition) is 3. The quantitative estimate of drug-likeness (QED) is 0.662. The van der Waals surface area contributed by atoms with Crippen LogP contribution in [0.5, 0.6) is 0 Å². The molecule has 0 radical (unpaired) electrons. The van der Waals surface area contributed by atoms with Crippen molar-refractivity contribution in [1.29, 1.82) is 5.26 Å². The Morgan fingerprint density at radius 1 is 1.18 bits per heavy atom. The molecule has 3 nitrogen and oxygen atoms in total. The normalized spacial score (nSPS) is 12.8. The summed E-state index contributed by atoms with van der Waals surface area (Å²) in [6, 6.07) is 2.35. The van der Waals surface area contributed by atoms with Crippen LogP contribution in [-0.2, 0) is 0 Å². The summed E-state index contributed by atoms with van der Waals surface area (Å²) in [6.45, 7) is 11.3. The third-order valence-corrected chi connectivity index (χ3v) is 3.14. The minimum absolute atomic E-state index is 0.172. The molecular formula is C14H29N3. The Morgan fingerprint density at radius 2 is 1.76 bits per heavy atom. The molecule has 0 amide bonds. The molecule has 0 aliphatic carbocycles. The van der Waals surface area contributed by atoms with Crippen LogP contribution in [-0.4, -0.2) is 31.6 Å². The Hall–Kier alpha value is -0.590. The summed E-state index contributed by atoms with van der Waals surface area (Å²) in [5.41, 5.74) is 5.75. The summed E-state index contributed by atoms with van der Waals surface area (Å²) in [4.78, 5) is 2.34. The van der Waals surface area contributed by atoms with Crippen molar-refractivity contribution in [3.63, 3.8) is 0 Å². The van der Waals surface area contributed by atoms with Gasteiger partial charge in [0.1, 0.15) is 0 Å². The van der Waals surface area contributed by atoms with E-state index in [1.54, 1.807) is 0 Å². The highest BCUT2D eigenvalue weighted by Gasteiger charge is 2.18. The van der Waals surface area contributed by atoms with Crippen LogP contribution in [0, 0.1) is 22.2 Å². The van der Waals surface area contributed by atoms with Gasteiger partial charge in [-0.25, -0.2) is 0 Å². The Kier molecular flexibility index (Phi) is 6.74. The third kappa shape index (κ3) is 8.18. The first-order valence-electron chi connectivity index (χ1n) is 6.52. The zero-order chi connectivity index (χ0) is 13.5. The molecule has 2 N–H and O–H groups in total. The first-order valence-corrected chi connectivity index (χ1v) is 6.52. The van der Waals surface area contributed by atoms with Crippen LogP contribution in [0.3, 0.4) is 0 Å². The van der Waals surface area contributed by atoms with E-state index >= 15 is 0 Å². The lowest BCUT2D eigenvalue weighted by Crippen LogP contribution is -2.37. The van der Waals surface area contributed by atoms with Crippen molar-refractivity contribution in [3.05, 3.63) is 0 Å². The van der Waals surface area contributed by atoms with E-state index in [0.717, 1.165) is 38.9 Å². The van der Waals surface area contributed by atoms with Crippen molar-refractivity contribution in [3.8, 4) is 6.07 Å². The SMILES string of the molecule is CN(CCCCC(C)(C)C#N)CC(C)(C)CN. The number of nitrogens with two attached hydrogens (primary N) is 1. The van der Waals surface area contributed by atoms with Gasteiger partial charge >= 0.3 is 0 Å². The van der Waals surface area contributed by atoms with Crippen LogP contribution < -0.4 is 5.73 Å². The number of rotatable bonds is 8. The van der Waals surface area contributed by atoms with E-state index in [-0.39, 0.29) is 10.8 Å². The second-order valence-electron chi connectivity index (χ2n) is 6.56. The van der Waals surface area contributed by atoms with Gasteiger partial charge in [-0.2, -0.15) is 5.26 Å². The molecule has 100 valence electrons. The summed E-state index contributed by atoms with van der Waals surface area (Å²) in [7, 11) is 2.15. The molecule has 0 saturated heterocycles. The molecule has 0 rings (SSSR count). The van der Waals surface area contributed by atoms with Crippen LogP contribution in [0.1, 0.15) is 47.0 Å². The summed E-state index contributed by atoms with van der Waals surface area (Å²) < 4.78 is 0. The van der Waals surface area contributed by atoms with Crippen molar-refractivity contribution in [1.82, 2.24) is 4.90 Å². The Labute approximate surface area is 107 Å². The van der Waals surface area contributed by atoms with Gasteiger partial charge in [-0.15, -0.1) is 0 Å². The minimum Gasteiger partial charge on any atom is -0.330 e. The monoisotopic (exact) mass is 239 g/mol. The molecule has 0 saturated carbocycles. The first-order chi connectivity index (χ1) is 7.72. The fraction of sp³-hybridized carbons (Fsp3) is 0.929. The van der Waals surface area contributed by atoms with Gasteiger partial charge in [-0.3, -0.25) is 0 Å². The van der Waals surface area contributed by atoms with E-state index in [1.165, 1.54) is 0 Å². The van der Waals surface area contributed by atoms with Gasteiger partial charge in [0.15, 0.2) is 0 Å². The average molecular weight is 239 g/mol. The summed E-state index contributed by atoms with van der Waals surface area (Å²) in [6.07, 6.45) is 3.26. The maximum atomic E-state index is 8.91. The zero-order valence-electron chi connectivity index (χ0n) is 12.2. The van der Waals surface area contributed by atoms with Gasteiger partial charge in [-0.05, 0) is 52.2 Å². The van der Waals surface area contributed by atoms with Crippen LogP contribution >= 0.6 is 0 Å². The van der Waals surface area contributed by atoms with Gasteiger partial charge in [0.2, 0.25) is 0 Å². The van der Waals surface area contributed by atoms with Crippen molar-refractivity contribution in [2.24, 2.45) is 16.6 Å². The number of nitrogens with zero attached hydrogens (tertiary/aromatic N) is 2. The molecule has 0 aliphatic heterocycles. The lowest BCUT2D eigenvalue weighted by Gasteiger charge is -2.29. The van der Waals surface area contributed by atoms with E-state index in [9.17, 15) is 0 Å². The third-order valence-electron chi connectivity index (χ3n) is 3.14. The lowest BCUT2D eigenvalue weighted by molar-refractivity contribution is 0.211. The molecule has 0 fully saturated rings. The van der Waals surface area contributed by atoms with Crippen LogP contribution in [0.15, 0.2) is 0 Å². The van der Waals surface area contributed by atoms with Gasteiger partial charge in [0.05, 0.1) is 11.5 Å². The van der Waals surface area contributed by atoms with E-state index in [0.29, 0.717) is 0 Å². The Bertz CT molecular complexity index is 251. The highest BCUT2D eigenvalue weighted by Crippen LogP contribution is 2.22. The van der Waals surface area contributed by atoms with Crippen LogP contribution in [0.2, 0.25) is 0 Å². The molecule has 3 heteroatoms. The molecule has 0 aliphatic rings.